The molecule has 19 heavy (non-hydrogen) atoms. The van der Waals surface area contributed by atoms with Gasteiger partial charge in [0.2, 0.25) is 5.91 Å². The zero-order valence-electron chi connectivity index (χ0n) is 11.1. The maximum atomic E-state index is 12.0. The SMILES string of the molecule is CNC1COCC1C(=O)NCc1ccc(CO)cc1. The molecule has 0 radical (unpaired) electrons. The third kappa shape index (κ3) is 3.53. The van der Waals surface area contributed by atoms with Crippen molar-refractivity contribution in [3.63, 3.8) is 0 Å². The van der Waals surface area contributed by atoms with E-state index in [-0.39, 0.29) is 24.5 Å². The van der Waals surface area contributed by atoms with Crippen LogP contribution in [0.4, 0.5) is 0 Å². The highest BCUT2D eigenvalue weighted by atomic mass is 16.5. The van der Waals surface area contributed by atoms with Gasteiger partial charge in [0.15, 0.2) is 0 Å². The molecule has 1 aliphatic rings. The predicted octanol–water partition coefficient (Wildman–Crippen LogP) is 0.0295. The topological polar surface area (TPSA) is 70.6 Å². The maximum absolute atomic E-state index is 12.0. The van der Waals surface area contributed by atoms with Crippen molar-refractivity contribution in [2.75, 3.05) is 20.3 Å². The molecule has 3 N–H and O–H groups in total. The molecule has 0 spiro atoms. The molecule has 1 aromatic rings. The summed E-state index contributed by atoms with van der Waals surface area (Å²) in [5.41, 5.74) is 1.89. The molecule has 1 aliphatic heterocycles. The van der Waals surface area contributed by atoms with Gasteiger partial charge in [-0.1, -0.05) is 24.3 Å². The number of carbonyl (C=O) groups is 1. The van der Waals surface area contributed by atoms with Crippen molar-refractivity contribution in [1.82, 2.24) is 10.6 Å². The molecule has 1 amide bonds. The van der Waals surface area contributed by atoms with Gasteiger partial charge in [0, 0.05) is 12.6 Å². The second-order valence-electron chi connectivity index (χ2n) is 4.73. The van der Waals surface area contributed by atoms with Crippen LogP contribution < -0.4 is 10.6 Å². The summed E-state index contributed by atoms with van der Waals surface area (Å²) in [6.45, 7) is 1.59. The molecular weight excluding hydrogens is 244 g/mol. The van der Waals surface area contributed by atoms with E-state index in [2.05, 4.69) is 10.6 Å². The van der Waals surface area contributed by atoms with Gasteiger partial charge in [-0.2, -0.15) is 0 Å². The van der Waals surface area contributed by atoms with E-state index in [1.807, 2.05) is 31.3 Å². The zero-order valence-corrected chi connectivity index (χ0v) is 11.1. The summed E-state index contributed by atoms with van der Waals surface area (Å²) in [7, 11) is 1.84. The van der Waals surface area contributed by atoms with Crippen molar-refractivity contribution in [2.24, 2.45) is 5.92 Å². The van der Waals surface area contributed by atoms with E-state index in [1.54, 1.807) is 0 Å². The molecule has 1 fully saturated rings. The number of ether oxygens (including phenoxy) is 1. The first-order chi connectivity index (χ1) is 9.24. The number of nitrogens with one attached hydrogen (secondary N) is 2. The van der Waals surface area contributed by atoms with Crippen LogP contribution in [0.2, 0.25) is 0 Å². The molecule has 0 saturated carbocycles. The number of aliphatic hydroxyl groups is 1. The van der Waals surface area contributed by atoms with Crippen LogP contribution in [0.1, 0.15) is 11.1 Å². The fraction of sp³-hybridized carbons (Fsp3) is 0.500. The first-order valence-electron chi connectivity index (χ1n) is 6.46. The highest BCUT2D eigenvalue weighted by molar-refractivity contribution is 5.79. The van der Waals surface area contributed by atoms with Crippen molar-refractivity contribution in [3.05, 3.63) is 35.4 Å². The Bertz CT molecular complexity index is 419. The molecule has 2 rings (SSSR count). The van der Waals surface area contributed by atoms with Crippen molar-refractivity contribution < 1.29 is 14.6 Å². The van der Waals surface area contributed by atoms with E-state index in [0.29, 0.717) is 19.8 Å². The quantitative estimate of drug-likeness (QED) is 0.702. The van der Waals surface area contributed by atoms with E-state index in [0.717, 1.165) is 11.1 Å². The van der Waals surface area contributed by atoms with E-state index < -0.39 is 0 Å². The Morgan fingerprint density at radius 3 is 2.63 bits per heavy atom. The Hall–Kier alpha value is -1.43. The smallest absolute Gasteiger partial charge is 0.227 e. The van der Waals surface area contributed by atoms with Gasteiger partial charge < -0.3 is 20.5 Å². The monoisotopic (exact) mass is 264 g/mol. The highest BCUT2D eigenvalue weighted by Gasteiger charge is 2.32. The molecule has 104 valence electrons. The number of aliphatic hydroxyl groups excluding tert-OH is 1. The largest absolute Gasteiger partial charge is 0.392 e. The normalized spacial score (nSPS) is 22.4. The third-order valence-corrected chi connectivity index (χ3v) is 3.46. The van der Waals surface area contributed by atoms with E-state index in [1.165, 1.54) is 0 Å². The van der Waals surface area contributed by atoms with Crippen molar-refractivity contribution in [2.45, 2.75) is 19.2 Å². The molecule has 1 aromatic carbocycles. The summed E-state index contributed by atoms with van der Waals surface area (Å²) in [4.78, 5) is 12.0. The minimum Gasteiger partial charge on any atom is -0.392 e. The standard InChI is InChI=1S/C14H20N2O3/c1-15-13-9-19-8-12(13)14(18)16-6-10-2-4-11(7-17)5-3-10/h2-5,12-13,15,17H,6-9H2,1H3,(H,16,18). The van der Waals surface area contributed by atoms with Gasteiger partial charge in [-0.15, -0.1) is 0 Å². The lowest BCUT2D eigenvalue weighted by atomic mass is 10.0. The molecule has 1 heterocycles. The zero-order chi connectivity index (χ0) is 13.7. The fourth-order valence-electron chi connectivity index (χ4n) is 2.18. The van der Waals surface area contributed by atoms with Crippen molar-refractivity contribution in [1.29, 1.82) is 0 Å². The lowest BCUT2D eigenvalue weighted by Gasteiger charge is -2.16. The predicted molar refractivity (Wildman–Crippen MR) is 71.4 cm³/mol. The number of carbonyl (C=O) groups excluding carboxylic acids is 1. The number of amides is 1. The van der Waals surface area contributed by atoms with Gasteiger partial charge in [-0.05, 0) is 18.2 Å². The summed E-state index contributed by atoms with van der Waals surface area (Å²) in [5, 5.41) is 15.0. The number of rotatable bonds is 5. The van der Waals surface area contributed by atoms with Crippen LogP contribution >= 0.6 is 0 Å². The Labute approximate surface area is 113 Å². The number of likely N-dealkylation sites (N-methyl/N-ethyl adjacent to an activating group) is 1. The summed E-state index contributed by atoms with van der Waals surface area (Å²) in [6, 6.07) is 7.63. The fourth-order valence-corrected chi connectivity index (χ4v) is 2.18. The number of benzene rings is 1. The van der Waals surface area contributed by atoms with Crippen molar-refractivity contribution >= 4 is 5.91 Å². The summed E-state index contributed by atoms with van der Waals surface area (Å²) < 4.78 is 5.31. The molecule has 0 aromatic heterocycles. The Kier molecular flexibility index (Phi) is 4.90. The van der Waals surface area contributed by atoms with Crippen LogP contribution in [0.5, 0.6) is 0 Å². The van der Waals surface area contributed by atoms with Crippen LogP contribution in [0.25, 0.3) is 0 Å². The average Bonchev–Trinajstić information content (AvgIpc) is 2.93. The Morgan fingerprint density at radius 2 is 2.00 bits per heavy atom. The van der Waals surface area contributed by atoms with Gasteiger partial charge >= 0.3 is 0 Å². The van der Waals surface area contributed by atoms with Gasteiger partial charge in [0.05, 0.1) is 25.7 Å². The van der Waals surface area contributed by atoms with Crippen LogP contribution in [0.15, 0.2) is 24.3 Å². The first kappa shape index (κ1) is 14.0. The average molecular weight is 264 g/mol. The molecular formula is C14H20N2O3. The Balaban J connectivity index is 1.85. The second-order valence-corrected chi connectivity index (χ2v) is 4.73. The number of hydrogen-bond donors (Lipinski definition) is 3. The minimum atomic E-state index is -0.123. The molecule has 1 saturated heterocycles. The van der Waals surface area contributed by atoms with Crippen molar-refractivity contribution in [3.8, 4) is 0 Å². The van der Waals surface area contributed by atoms with Gasteiger partial charge in [0.1, 0.15) is 0 Å². The summed E-state index contributed by atoms with van der Waals surface area (Å²) in [6.07, 6.45) is 0. The highest BCUT2D eigenvalue weighted by Crippen LogP contribution is 2.13. The lowest BCUT2D eigenvalue weighted by molar-refractivity contribution is -0.125. The van der Waals surface area contributed by atoms with E-state index in [4.69, 9.17) is 9.84 Å². The van der Waals surface area contributed by atoms with E-state index >= 15 is 0 Å². The molecule has 2 unspecified atom stereocenters. The molecule has 2 atom stereocenters. The second kappa shape index (κ2) is 6.65. The maximum Gasteiger partial charge on any atom is 0.227 e. The molecule has 0 aliphatic carbocycles. The van der Waals surface area contributed by atoms with Crippen LogP contribution in [0, 0.1) is 5.92 Å². The molecule has 5 heteroatoms. The van der Waals surface area contributed by atoms with E-state index in [9.17, 15) is 4.79 Å². The first-order valence-corrected chi connectivity index (χ1v) is 6.46. The summed E-state index contributed by atoms with van der Waals surface area (Å²) in [5.74, 6) is -0.107. The lowest BCUT2D eigenvalue weighted by Crippen LogP contribution is -2.42. The molecule has 0 bridgehead atoms. The Morgan fingerprint density at radius 1 is 1.32 bits per heavy atom. The van der Waals surface area contributed by atoms with Gasteiger partial charge in [0.25, 0.3) is 0 Å². The summed E-state index contributed by atoms with van der Waals surface area (Å²) >= 11 is 0. The number of hydrogen-bond acceptors (Lipinski definition) is 4. The van der Waals surface area contributed by atoms with Gasteiger partial charge in [-0.25, -0.2) is 0 Å². The third-order valence-electron chi connectivity index (χ3n) is 3.46. The van der Waals surface area contributed by atoms with Gasteiger partial charge in [-0.3, -0.25) is 4.79 Å². The minimum absolute atomic E-state index is 0.0167. The molecule has 5 nitrogen and oxygen atoms in total. The van der Waals surface area contributed by atoms with Crippen LogP contribution in [0.3, 0.4) is 0 Å². The van der Waals surface area contributed by atoms with Crippen LogP contribution in [-0.4, -0.2) is 37.3 Å². The van der Waals surface area contributed by atoms with Crippen LogP contribution in [-0.2, 0) is 22.7 Å².